The molecule has 0 unspecified atom stereocenters. The van der Waals surface area contributed by atoms with Gasteiger partial charge in [-0.2, -0.15) is 0 Å². The largest absolute Gasteiger partial charge is 0.208 e. The van der Waals surface area contributed by atoms with E-state index in [1.54, 1.807) is 0 Å². The fourth-order valence-electron chi connectivity index (χ4n) is 6.67. The number of nitrogens with zero attached hydrogens (tertiary/aromatic N) is 6. The molecule has 0 N–H and O–H groups in total. The molecule has 0 fully saturated rings. The minimum Gasteiger partial charge on any atom is -0.208 e. The lowest BCUT2D eigenvalue weighted by Crippen LogP contribution is -2.01. The number of hydrogen-bond donors (Lipinski definition) is 0. The molecular formula is C50H32N6. The monoisotopic (exact) mass is 716 g/mol. The van der Waals surface area contributed by atoms with Crippen LogP contribution >= 0.6 is 0 Å². The Morgan fingerprint density at radius 3 is 1.00 bits per heavy atom. The van der Waals surface area contributed by atoms with Gasteiger partial charge in [0.1, 0.15) is 0 Å². The number of aromatic nitrogens is 6. The molecular weight excluding hydrogens is 685 g/mol. The standard InChI is InChI=1S/C50H32N6/c1-2-34-33-41(35-27-29-40(30-28-35)49-52-45(36-17-7-3-8-18-36)51-46(53-49)37-19-9-4-10-20-37)31-32-42(34)43-25-15-16-26-44(43)50-55-47(38-21-11-5-12-22-38)54-48(56-50)39-23-13-6-14-24-39/h1,3-33H. The molecule has 2 aromatic heterocycles. The zero-order valence-electron chi connectivity index (χ0n) is 30.2. The molecule has 0 aliphatic heterocycles. The lowest BCUT2D eigenvalue weighted by Gasteiger charge is -2.14. The normalized spacial score (nSPS) is 10.8. The van der Waals surface area contributed by atoms with E-state index >= 15 is 0 Å². The van der Waals surface area contributed by atoms with Gasteiger partial charge in [-0.1, -0.05) is 188 Å². The fraction of sp³-hybridized carbons (Fsp3) is 0. The Labute approximate surface area is 325 Å². The average Bonchev–Trinajstić information content (AvgIpc) is 3.29. The van der Waals surface area contributed by atoms with E-state index in [1.165, 1.54) is 0 Å². The Morgan fingerprint density at radius 1 is 0.268 bits per heavy atom. The van der Waals surface area contributed by atoms with E-state index in [0.717, 1.165) is 61.2 Å². The maximum Gasteiger partial charge on any atom is 0.164 e. The average molecular weight is 717 g/mol. The van der Waals surface area contributed by atoms with Crippen molar-refractivity contribution in [2.75, 3.05) is 0 Å². The van der Waals surface area contributed by atoms with Crippen molar-refractivity contribution in [3.05, 3.63) is 194 Å². The highest BCUT2D eigenvalue weighted by atomic mass is 15.0. The van der Waals surface area contributed by atoms with Crippen LogP contribution in [0.2, 0.25) is 0 Å². The first-order chi connectivity index (χ1) is 27.7. The van der Waals surface area contributed by atoms with E-state index < -0.39 is 0 Å². The van der Waals surface area contributed by atoms with Crippen LogP contribution in [0, 0.1) is 12.3 Å². The summed E-state index contributed by atoms with van der Waals surface area (Å²) in [6.07, 6.45) is 6.23. The zero-order chi connectivity index (χ0) is 37.7. The van der Waals surface area contributed by atoms with Gasteiger partial charge in [0.25, 0.3) is 0 Å². The van der Waals surface area contributed by atoms with Gasteiger partial charge in [0.05, 0.1) is 0 Å². The second kappa shape index (κ2) is 15.2. The van der Waals surface area contributed by atoms with Crippen molar-refractivity contribution >= 4 is 0 Å². The maximum absolute atomic E-state index is 6.23. The molecule has 9 aromatic rings. The van der Waals surface area contributed by atoms with E-state index in [9.17, 15) is 0 Å². The molecule has 262 valence electrons. The van der Waals surface area contributed by atoms with Gasteiger partial charge < -0.3 is 0 Å². The summed E-state index contributed by atoms with van der Waals surface area (Å²) in [5.74, 6) is 6.58. The highest BCUT2D eigenvalue weighted by molar-refractivity contribution is 5.86. The lowest BCUT2D eigenvalue weighted by molar-refractivity contribution is 1.07. The van der Waals surface area contributed by atoms with Crippen LogP contribution in [0.15, 0.2) is 188 Å². The molecule has 0 amide bonds. The van der Waals surface area contributed by atoms with Crippen molar-refractivity contribution in [1.29, 1.82) is 0 Å². The van der Waals surface area contributed by atoms with Crippen LogP contribution in [-0.4, -0.2) is 29.9 Å². The topological polar surface area (TPSA) is 77.3 Å². The van der Waals surface area contributed by atoms with E-state index in [-0.39, 0.29) is 0 Å². The molecule has 6 nitrogen and oxygen atoms in total. The Bertz CT molecular complexity index is 2720. The Hall–Kier alpha value is -7.88. The number of terminal acetylenes is 1. The zero-order valence-corrected chi connectivity index (χ0v) is 30.2. The van der Waals surface area contributed by atoms with Crippen LogP contribution in [0.4, 0.5) is 0 Å². The summed E-state index contributed by atoms with van der Waals surface area (Å²) in [7, 11) is 0. The molecule has 0 radical (unpaired) electrons. The van der Waals surface area contributed by atoms with E-state index in [1.807, 2.05) is 152 Å². The molecule has 56 heavy (non-hydrogen) atoms. The number of hydrogen-bond acceptors (Lipinski definition) is 6. The van der Waals surface area contributed by atoms with Crippen molar-refractivity contribution in [2.24, 2.45) is 0 Å². The summed E-state index contributed by atoms with van der Waals surface area (Å²) < 4.78 is 0. The Kier molecular flexibility index (Phi) is 9.23. The highest BCUT2D eigenvalue weighted by Crippen LogP contribution is 2.36. The molecule has 0 saturated heterocycles. The van der Waals surface area contributed by atoms with Crippen LogP contribution in [0.3, 0.4) is 0 Å². The van der Waals surface area contributed by atoms with Gasteiger partial charge in [0.2, 0.25) is 0 Å². The van der Waals surface area contributed by atoms with E-state index in [2.05, 4.69) is 42.3 Å². The van der Waals surface area contributed by atoms with Crippen molar-refractivity contribution < 1.29 is 0 Å². The van der Waals surface area contributed by atoms with Crippen LogP contribution < -0.4 is 0 Å². The first-order valence-electron chi connectivity index (χ1n) is 18.3. The molecule has 0 spiro atoms. The van der Waals surface area contributed by atoms with Crippen molar-refractivity contribution in [3.8, 4) is 103 Å². The number of benzene rings is 7. The van der Waals surface area contributed by atoms with Crippen LogP contribution in [-0.2, 0) is 0 Å². The Morgan fingerprint density at radius 2 is 0.589 bits per heavy atom. The van der Waals surface area contributed by atoms with E-state index in [4.69, 9.17) is 36.3 Å². The third-order valence-electron chi connectivity index (χ3n) is 9.51. The Balaban J connectivity index is 1.08. The SMILES string of the molecule is C#Cc1cc(-c2ccc(-c3nc(-c4ccccc4)nc(-c4ccccc4)n3)cc2)ccc1-c1ccccc1-c1nc(-c2ccccc2)nc(-c2ccccc2)n1. The molecule has 0 aliphatic rings. The first-order valence-corrected chi connectivity index (χ1v) is 18.3. The third kappa shape index (κ3) is 6.96. The van der Waals surface area contributed by atoms with Gasteiger partial charge in [0, 0.05) is 38.9 Å². The van der Waals surface area contributed by atoms with Crippen LogP contribution in [0.1, 0.15) is 5.56 Å². The predicted molar refractivity (Wildman–Crippen MR) is 225 cm³/mol. The summed E-state index contributed by atoms with van der Waals surface area (Å²) >= 11 is 0. The van der Waals surface area contributed by atoms with Crippen LogP contribution in [0.5, 0.6) is 0 Å². The molecule has 6 heteroatoms. The molecule has 0 bridgehead atoms. The first kappa shape index (κ1) is 33.9. The third-order valence-corrected chi connectivity index (χ3v) is 9.51. The summed E-state index contributed by atoms with van der Waals surface area (Å²) in [6.45, 7) is 0. The van der Waals surface area contributed by atoms with Gasteiger partial charge in [-0.15, -0.1) is 6.42 Å². The summed E-state index contributed by atoms with van der Waals surface area (Å²) in [6, 6.07) is 62.5. The smallest absolute Gasteiger partial charge is 0.164 e. The molecule has 0 aliphatic carbocycles. The fourth-order valence-corrected chi connectivity index (χ4v) is 6.67. The second-order valence-corrected chi connectivity index (χ2v) is 13.1. The number of rotatable bonds is 8. The van der Waals surface area contributed by atoms with Gasteiger partial charge in [-0.25, -0.2) is 29.9 Å². The van der Waals surface area contributed by atoms with Gasteiger partial charge in [0.15, 0.2) is 34.9 Å². The van der Waals surface area contributed by atoms with Crippen molar-refractivity contribution in [2.45, 2.75) is 0 Å². The molecule has 0 saturated carbocycles. The molecule has 9 rings (SSSR count). The molecule has 7 aromatic carbocycles. The summed E-state index contributed by atoms with van der Waals surface area (Å²) in [5.41, 5.74) is 10.0. The van der Waals surface area contributed by atoms with Crippen LogP contribution in [0.25, 0.3) is 90.6 Å². The van der Waals surface area contributed by atoms with Gasteiger partial charge >= 0.3 is 0 Å². The highest BCUT2D eigenvalue weighted by Gasteiger charge is 2.18. The van der Waals surface area contributed by atoms with Gasteiger partial charge in [-0.3, -0.25) is 0 Å². The minimum absolute atomic E-state index is 0.570. The van der Waals surface area contributed by atoms with Crippen molar-refractivity contribution in [3.63, 3.8) is 0 Å². The lowest BCUT2D eigenvalue weighted by atomic mass is 9.92. The summed E-state index contributed by atoms with van der Waals surface area (Å²) in [5, 5.41) is 0. The van der Waals surface area contributed by atoms with E-state index in [0.29, 0.717) is 34.9 Å². The van der Waals surface area contributed by atoms with Gasteiger partial charge in [-0.05, 0) is 28.3 Å². The predicted octanol–water partition coefficient (Wildman–Crippen LogP) is 11.4. The maximum atomic E-state index is 6.23. The minimum atomic E-state index is 0.570. The molecule has 0 atom stereocenters. The quantitative estimate of drug-likeness (QED) is 0.146. The summed E-state index contributed by atoms with van der Waals surface area (Å²) in [4.78, 5) is 29.5. The second-order valence-electron chi connectivity index (χ2n) is 13.1. The van der Waals surface area contributed by atoms with Crippen molar-refractivity contribution in [1.82, 2.24) is 29.9 Å². The molecule has 2 heterocycles.